The fourth-order valence-electron chi connectivity index (χ4n) is 3.07. The van der Waals surface area contributed by atoms with Gasteiger partial charge in [-0.25, -0.2) is 0 Å². The third-order valence-electron chi connectivity index (χ3n) is 4.24. The molecule has 7 nitrogen and oxygen atoms in total. The van der Waals surface area contributed by atoms with Crippen molar-refractivity contribution in [3.05, 3.63) is 56.6 Å². The van der Waals surface area contributed by atoms with Crippen LogP contribution in [0.15, 0.2) is 36.4 Å². The first kappa shape index (κ1) is 15.9. The van der Waals surface area contributed by atoms with Crippen molar-refractivity contribution in [2.45, 2.75) is 32.7 Å². The van der Waals surface area contributed by atoms with Gasteiger partial charge in [-0.05, 0) is 18.6 Å². The molecule has 0 bridgehead atoms. The van der Waals surface area contributed by atoms with Crippen molar-refractivity contribution < 1.29 is 9.85 Å². The summed E-state index contributed by atoms with van der Waals surface area (Å²) in [4.78, 5) is 21.2. The van der Waals surface area contributed by atoms with E-state index in [0.29, 0.717) is 10.8 Å². The van der Waals surface area contributed by atoms with E-state index in [2.05, 4.69) is 11.5 Å². The lowest BCUT2D eigenvalue weighted by Crippen LogP contribution is -1.98. The molecule has 0 saturated carbocycles. The predicted molar refractivity (Wildman–Crippen MR) is 92.3 cm³/mol. The maximum Gasteiger partial charge on any atom is 0.270 e. The van der Waals surface area contributed by atoms with Crippen molar-refractivity contribution in [1.29, 1.82) is 0 Å². The Labute approximate surface area is 137 Å². The van der Waals surface area contributed by atoms with Crippen LogP contribution < -0.4 is 0 Å². The Morgan fingerprint density at radius 2 is 1.38 bits per heavy atom. The standard InChI is InChI=1S/C17H17N3O4/c1-2-3-4-9-18-16-7-5-12(19(21)22)10-14(16)15-11-13(20(23)24)6-8-17(15)18/h5-8,10-11H,2-4,9H2,1H3. The monoisotopic (exact) mass is 327 g/mol. The Bertz CT molecular complexity index is 875. The van der Waals surface area contributed by atoms with Crippen molar-refractivity contribution in [3.63, 3.8) is 0 Å². The lowest BCUT2D eigenvalue weighted by atomic mass is 10.1. The van der Waals surface area contributed by atoms with Gasteiger partial charge in [-0.1, -0.05) is 19.8 Å². The largest absolute Gasteiger partial charge is 0.340 e. The minimum absolute atomic E-state index is 0.0124. The maximum absolute atomic E-state index is 11.1. The quantitative estimate of drug-likeness (QED) is 0.369. The molecule has 2 aromatic carbocycles. The van der Waals surface area contributed by atoms with Crippen molar-refractivity contribution in [2.75, 3.05) is 0 Å². The van der Waals surface area contributed by atoms with E-state index in [0.717, 1.165) is 36.8 Å². The number of nitro groups is 2. The zero-order chi connectivity index (χ0) is 17.3. The van der Waals surface area contributed by atoms with E-state index in [1.54, 1.807) is 12.1 Å². The Balaban J connectivity index is 2.27. The maximum atomic E-state index is 11.1. The lowest BCUT2D eigenvalue weighted by Gasteiger charge is -2.06. The van der Waals surface area contributed by atoms with Crippen LogP contribution in [0.3, 0.4) is 0 Å². The number of unbranched alkanes of at least 4 members (excludes halogenated alkanes) is 2. The number of benzene rings is 2. The van der Waals surface area contributed by atoms with Gasteiger partial charge in [0.1, 0.15) is 0 Å². The Kier molecular flexibility index (Phi) is 4.16. The molecule has 0 spiro atoms. The van der Waals surface area contributed by atoms with Crippen molar-refractivity contribution in [3.8, 4) is 0 Å². The van der Waals surface area contributed by atoms with Gasteiger partial charge >= 0.3 is 0 Å². The lowest BCUT2D eigenvalue weighted by molar-refractivity contribution is -0.385. The van der Waals surface area contributed by atoms with Gasteiger partial charge in [-0.3, -0.25) is 20.2 Å². The number of nitrogens with zero attached hydrogens (tertiary/aromatic N) is 3. The highest BCUT2D eigenvalue weighted by Gasteiger charge is 2.17. The topological polar surface area (TPSA) is 91.2 Å². The first-order valence-electron chi connectivity index (χ1n) is 7.87. The van der Waals surface area contributed by atoms with Crippen LogP contribution in [0.1, 0.15) is 26.2 Å². The normalized spacial score (nSPS) is 11.2. The molecule has 0 saturated heterocycles. The van der Waals surface area contributed by atoms with Crippen LogP contribution in [-0.2, 0) is 6.54 Å². The molecular weight excluding hydrogens is 310 g/mol. The molecule has 1 aromatic heterocycles. The first-order chi connectivity index (χ1) is 11.5. The van der Waals surface area contributed by atoms with Crippen LogP contribution in [0, 0.1) is 20.2 Å². The van der Waals surface area contributed by atoms with E-state index in [9.17, 15) is 20.2 Å². The molecule has 124 valence electrons. The van der Waals surface area contributed by atoms with Crippen LogP contribution in [0.4, 0.5) is 11.4 Å². The molecule has 3 rings (SSSR count). The summed E-state index contributed by atoms with van der Waals surface area (Å²) in [6.45, 7) is 2.90. The Morgan fingerprint density at radius 3 is 1.79 bits per heavy atom. The van der Waals surface area contributed by atoms with Crippen LogP contribution in [0.5, 0.6) is 0 Å². The summed E-state index contributed by atoms with van der Waals surface area (Å²) in [6, 6.07) is 9.41. The molecular formula is C17H17N3O4. The molecule has 0 atom stereocenters. The molecule has 24 heavy (non-hydrogen) atoms. The molecule has 3 aromatic rings. The summed E-state index contributed by atoms with van der Waals surface area (Å²) in [5.74, 6) is 0. The summed E-state index contributed by atoms with van der Waals surface area (Å²) in [5.41, 5.74) is 1.71. The van der Waals surface area contributed by atoms with E-state index in [4.69, 9.17) is 0 Å². The molecule has 1 heterocycles. The van der Waals surface area contributed by atoms with E-state index in [-0.39, 0.29) is 11.4 Å². The second kappa shape index (κ2) is 6.27. The molecule has 0 amide bonds. The molecule has 0 aliphatic rings. The van der Waals surface area contributed by atoms with E-state index < -0.39 is 9.85 Å². The fraction of sp³-hybridized carbons (Fsp3) is 0.294. The van der Waals surface area contributed by atoms with E-state index in [1.165, 1.54) is 24.3 Å². The van der Waals surface area contributed by atoms with Gasteiger partial charge in [0, 0.05) is 52.6 Å². The summed E-state index contributed by atoms with van der Waals surface area (Å²) < 4.78 is 2.09. The summed E-state index contributed by atoms with van der Waals surface area (Å²) >= 11 is 0. The highest BCUT2D eigenvalue weighted by molar-refractivity contribution is 6.09. The Hall–Kier alpha value is -2.96. The number of aromatic nitrogens is 1. The van der Waals surface area contributed by atoms with Gasteiger partial charge in [0.25, 0.3) is 11.4 Å². The molecule has 0 unspecified atom stereocenters. The van der Waals surface area contributed by atoms with Gasteiger partial charge < -0.3 is 4.57 Å². The molecule has 7 heteroatoms. The minimum atomic E-state index is -0.447. The van der Waals surface area contributed by atoms with E-state index >= 15 is 0 Å². The van der Waals surface area contributed by atoms with E-state index in [1.807, 2.05) is 0 Å². The number of rotatable bonds is 6. The average Bonchev–Trinajstić information content (AvgIpc) is 2.88. The minimum Gasteiger partial charge on any atom is -0.340 e. The van der Waals surface area contributed by atoms with Crippen molar-refractivity contribution in [2.24, 2.45) is 0 Å². The highest BCUT2D eigenvalue weighted by atomic mass is 16.6. The van der Waals surface area contributed by atoms with Gasteiger partial charge in [0.15, 0.2) is 0 Å². The fourth-order valence-corrected chi connectivity index (χ4v) is 3.07. The molecule has 0 N–H and O–H groups in total. The van der Waals surface area contributed by atoms with Crippen LogP contribution >= 0.6 is 0 Å². The second-order valence-corrected chi connectivity index (χ2v) is 5.78. The summed E-state index contributed by atoms with van der Waals surface area (Å²) in [5, 5.41) is 23.5. The number of fused-ring (bicyclic) bond motifs is 3. The molecule has 0 aliphatic carbocycles. The number of non-ortho nitro benzene ring substituents is 2. The predicted octanol–water partition coefficient (Wildman–Crippen LogP) is 4.80. The third kappa shape index (κ3) is 2.68. The van der Waals surface area contributed by atoms with Crippen molar-refractivity contribution >= 4 is 33.2 Å². The number of hydrogen-bond donors (Lipinski definition) is 0. The number of nitro benzene ring substituents is 2. The summed E-state index contributed by atoms with van der Waals surface area (Å²) in [7, 11) is 0. The number of aryl methyl sites for hydroxylation is 1. The van der Waals surface area contributed by atoms with Gasteiger partial charge in [0.2, 0.25) is 0 Å². The van der Waals surface area contributed by atoms with Crippen molar-refractivity contribution in [1.82, 2.24) is 4.57 Å². The zero-order valence-corrected chi connectivity index (χ0v) is 13.3. The highest BCUT2D eigenvalue weighted by Crippen LogP contribution is 2.34. The molecule has 0 radical (unpaired) electrons. The van der Waals surface area contributed by atoms with Gasteiger partial charge in [-0.15, -0.1) is 0 Å². The van der Waals surface area contributed by atoms with Crippen LogP contribution in [-0.4, -0.2) is 14.4 Å². The average molecular weight is 327 g/mol. The Morgan fingerprint density at radius 1 is 0.875 bits per heavy atom. The number of hydrogen-bond acceptors (Lipinski definition) is 4. The smallest absolute Gasteiger partial charge is 0.270 e. The third-order valence-corrected chi connectivity index (χ3v) is 4.24. The second-order valence-electron chi connectivity index (χ2n) is 5.78. The molecule has 0 fully saturated rings. The first-order valence-corrected chi connectivity index (χ1v) is 7.87. The van der Waals surface area contributed by atoms with Gasteiger partial charge in [-0.2, -0.15) is 0 Å². The zero-order valence-electron chi connectivity index (χ0n) is 13.3. The van der Waals surface area contributed by atoms with Crippen LogP contribution in [0.25, 0.3) is 21.8 Å². The van der Waals surface area contributed by atoms with Gasteiger partial charge in [0.05, 0.1) is 9.85 Å². The molecule has 0 aliphatic heterocycles. The van der Waals surface area contributed by atoms with Crippen LogP contribution in [0.2, 0.25) is 0 Å². The SMILES string of the molecule is CCCCCn1c2ccc([N+](=O)[O-])cc2c2cc([N+](=O)[O-])ccc21. The summed E-state index contributed by atoms with van der Waals surface area (Å²) in [6.07, 6.45) is 3.17.